The number of benzene rings is 2. The molecule has 0 radical (unpaired) electrons. The molecule has 1 aliphatic rings. The molecule has 0 fully saturated rings. The zero-order chi connectivity index (χ0) is 23.3. The first-order valence-electron chi connectivity index (χ1n) is 10.5. The summed E-state index contributed by atoms with van der Waals surface area (Å²) in [6.45, 7) is 5.13. The molecule has 0 N–H and O–H groups in total. The molecule has 0 aliphatic carbocycles. The third-order valence-corrected chi connectivity index (χ3v) is 6.06. The van der Waals surface area contributed by atoms with E-state index in [9.17, 15) is 22.8 Å². The molecule has 1 aliphatic heterocycles. The van der Waals surface area contributed by atoms with Crippen LogP contribution in [0, 0.1) is 0 Å². The molecule has 2 aromatic carbocycles. The van der Waals surface area contributed by atoms with E-state index in [0.29, 0.717) is 24.3 Å². The minimum absolute atomic E-state index is 0.0283. The summed E-state index contributed by atoms with van der Waals surface area (Å²) in [5.41, 5.74) is 0.213. The number of rotatable bonds is 7. The minimum Gasteiger partial charge on any atom is -0.339 e. The third kappa shape index (κ3) is 5.54. The van der Waals surface area contributed by atoms with Crippen LogP contribution in [0.3, 0.4) is 0 Å². The van der Waals surface area contributed by atoms with Crippen LogP contribution >= 0.6 is 11.8 Å². The summed E-state index contributed by atoms with van der Waals surface area (Å²) in [7, 11) is 0. The van der Waals surface area contributed by atoms with Crippen LogP contribution in [0.5, 0.6) is 0 Å². The van der Waals surface area contributed by atoms with Gasteiger partial charge in [-0.15, -0.1) is 0 Å². The number of carbonyl (C=O) groups excluding carboxylic acids is 2. The van der Waals surface area contributed by atoms with E-state index in [1.54, 1.807) is 23.1 Å². The number of anilines is 1. The van der Waals surface area contributed by atoms with E-state index in [2.05, 4.69) is 0 Å². The van der Waals surface area contributed by atoms with Gasteiger partial charge >= 0.3 is 6.18 Å². The van der Waals surface area contributed by atoms with Gasteiger partial charge in [0.1, 0.15) is 0 Å². The van der Waals surface area contributed by atoms with Crippen LogP contribution in [0.15, 0.2) is 64.4 Å². The quantitative estimate of drug-likeness (QED) is 0.483. The minimum atomic E-state index is -4.46. The number of hydrogen-bond donors (Lipinski definition) is 0. The van der Waals surface area contributed by atoms with Crippen LogP contribution < -0.4 is 4.90 Å². The van der Waals surface area contributed by atoms with Crippen LogP contribution in [0.2, 0.25) is 0 Å². The maximum absolute atomic E-state index is 13.3. The first-order valence-corrected chi connectivity index (χ1v) is 11.3. The van der Waals surface area contributed by atoms with Crippen molar-refractivity contribution in [3.8, 4) is 0 Å². The van der Waals surface area contributed by atoms with Crippen LogP contribution in [-0.4, -0.2) is 29.8 Å². The summed E-state index contributed by atoms with van der Waals surface area (Å²) in [6, 6.07) is 12.1. The van der Waals surface area contributed by atoms with Crippen molar-refractivity contribution in [3.05, 3.63) is 70.6 Å². The Labute approximate surface area is 190 Å². The fourth-order valence-corrected chi connectivity index (χ4v) is 4.55. The highest BCUT2D eigenvalue weighted by Crippen LogP contribution is 2.42. The summed E-state index contributed by atoms with van der Waals surface area (Å²) >= 11 is 1.21. The molecule has 0 aromatic heterocycles. The largest absolute Gasteiger partial charge is 0.416 e. The highest BCUT2D eigenvalue weighted by atomic mass is 32.2. The number of nitrogens with zero attached hydrogens (tertiary/aromatic N) is 2. The van der Waals surface area contributed by atoms with Gasteiger partial charge < -0.3 is 9.80 Å². The predicted octanol–water partition coefficient (Wildman–Crippen LogP) is 5.88. The van der Waals surface area contributed by atoms with Gasteiger partial charge in [-0.3, -0.25) is 9.59 Å². The van der Waals surface area contributed by atoms with Crippen molar-refractivity contribution >= 4 is 29.3 Å². The molecule has 0 unspecified atom stereocenters. The predicted molar refractivity (Wildman–Crippen MR) is 120 cm³/mol. The van der Waals surface area contributed by atoms with Crippen molar-refractivity contribution in [1.29, 1.82) is 0 Å². The molecular formula is C24H25F3N2O2S. The molecule has 1 heterocycles. The fourth-order valence-electron chi connectivity index (χ4n) is 3.52. The molecule has 0 bridgehead atoms. The molecule has 2 aromatic rings. The maximum atomic E-state index is 13.3. The highest BCUT2D eigenvalue weighted by molar-refractivity contribution is 8.04. The molecule has 0 spiro atoms. The smallest absolute Gasteiger partial charge is 0.339 e. The summed E-state index contributed by atoms with van der Waals surface area (Å²) in [5.74, 6) is -0.629. The average molecular weight is 463 g/mol. The van der Waals surface area contributed by atoms with Gasteiger partial charge in [0.05, 0.1) is 22.7 Å². The zero-order valence-electron chi connectivity index (χ0n) is 18.0. The molecule has 8 heteroatoms. The van der Waals surface area contributed by atoms with Crippen molar-refractivity contribution in [2.24, 2.45) is 0 Å². The normalized spacial score (nSPS) is 15.1. The van der Waals surface area contributed by atoms with Crippen LogP contribution in [0.1, 0.15) is 37.8 Å². The Kier molecular flexibility index (Phi) is 7.66. The third-order valence-electron chi connectivity index (χ3n) is 4.98. The molecule has 0 saturated carbocycles. The Morgan fingerprint density at radius 3 is 2.41 bits per heavy atom. The van der Waals surface area contributed by atoms with E-state index in [0.717, 1.165) is 29.9 Å². The maximum Gasteiger partial charge on any atom is 0.416 e. The molecule has 32 heavy (non-hydrogen) atoms. The van der Waals surface area contributed by atoms with E-state index < -0.39 is 17.6 Å². The van der Waals surface area contributed by atoms with Gasteiger partial charge in [-0.05, 0) is 42.7 Å². The number of amides is 2. The Bertz CT molecular complexity index is 1010. The average Bonchev–Trinajstić information content (AvgIpc) is 2.76. The van der Waals surface area contributed by atoms with Crippen molar-refractivity contribution in [3.63, 3.8) is 0 Å². The van der Waals surface area contributed by atoms with E-state index >= 15 is 0 Å². The number of fused-ring (bicyclic) bond motifs is 1. The molecule has 2 amide bonds. The second-order valence-corrected chi connectivity index (χ2v) is 8.58. The SMILES string of the molecule is CCCN(CCC)C(=O)/C=C1/Sc2ccccc2N(Cc2cccc(C(F)(F)F)c2)C1=O. The van der Waals surface area contributed by atoms with Gasteiger partial charge in [0.15, 0.2) is 0 Å². The van der Waals surface area contributed by atoms with Gasteiger partial charge in [0.25, 0.3) is 5.91 Å². The van der Waals surface area contributed by atoms with Crippen molar-refractivity contribution in [2.75, 3.05) is 18.0 Å². The lowest BCUT2D eigenvalue weighted by Crippen LogP contribution is -2.36. The van der Waals surface area contributed by atoms with Gasteiger partial charge in [0, 0.05) is 24.1 Å². The Morgan fingerprint density at radius 2 is 1.75 bits per heavy atom. The molecule has 3 rings (SSSR count). The summed E-state index contributed by atoms with van der Waals surface area (Å²) < 4.78 is 39.4. The second kappa shape index (κ2) is 10.3. The number of halogens is 3. The summed E-state index contributed by atoms with van der Waals surface area (Å²) in [6.07, 6.45) is -1.50. The Morgan fingerprint density at radius 1 is 1.06 bits per heavy atom. The Balaban J connectivity index is 1.94. The second-order valence-electron chi connectivity index (χ2n) is 7.49. The lowest BCUT2D eigenvalue weighted by molar-refractivity contribution is -0.137. The highest BCUT2D eigenvalue weighted by Gasteiger charge is 2.32. The van der Waals surface area contributed by atoms with Crippen molar-refractivity contribution in [1.82, 2.24) is 4.90 Å². The lowest BCUT2D eigenvalue weighted by Gasteiger charge is -2.31. The summed E-state index contributed by atoms with van der Waals surface area (Å²) in [4.78, 5) is 30.3. The summed E-state index contributed by atoms with van der Waals surface area (Å²) in [5, 5.41) is 0. The Hall–Kier alpha value is -2.74. The van der Waals surface area contributed by atoms with Crippen LogP contribution in [0.25, 0.3) is 0 Å². The van der Waals surface area contributed by atoms with E-state index in [-0.39, 0.29) is 17.4 Å². The number of carbonyl (C=O) groups is 2. The van der Waals surface area contributed by atoms with Gasteiger partial charge in [-0.1, -0.05) is 49.9 Å². The van der Waals surface area contributed by atoms with Crippen LogP contribution in [0.4, 0.5) is 18.9 Å². The lowest BCUT2D eigenvalue weighted by atomic mass is 10.1. The number of para-hydroxylation sites is 1. The molecule has 0 atom stereocenters. The topological polar surface area (TPSA) is 40.6 Å². The molecular weight excluding hydrogens is 437 g/mol. The number of thioether (sulfide) groups is 1. The number of hydrogen-bond acceptors (Lipinski definition) is 3. The first-order chi connectivity index (χ1) is 15.2. The standard InChI is InChI=1S/C24H25F3N2O2S/c1-3-12-28(13-4-2)22(30)15-21-23(31)29(19-10-5-6-11-20(19)32-21)16-17-8-7-9-18(14-17)24(25,26)27/h5-11,14-15H,3-4,12-13,16H2,1-2H3/b21-15+. The van der Waals surface area contributed by atoms with E-state index in [1.807, 2.05) is 26.0 Å². The monoisotopic (exact) mass is 462 g/mol. The van der Waals surface area contributed by atoms with Crippen LogP contribution in [-0.2, 0) is 22.3 Å². The van der Waals surface area contributed by atoms with E-state index in [1.165, 1.54) is 28.8 Å². The molecule has 4 nitrogen and oxygen atoms in total. The molecule has 170 valence electrons. The fraction of sp³-hybridized carbons (Fsp3) is 0.333. The first kappa shape index (κ1) is 23.9. The zero-order valence-corrected chi connectivity index (χ0v) is 18.8. The van der Waals surface area contributed by atoms with E-state index in [4.69, 9.17) is 0 Å². The van der Waals surface area contributed by atoms with Gasteiger partial charge in [-0.25, -0.2) is 0 Å². The van der Waals surface area contributed by atoms with Crippen molar-refractivity contribution < 1.29 is 22.8 Å². The molecule has 0 saturated heterocycles. The van der Waals surface area contributed by atoms with Crippen molar-refractivity contribution in [2.45, 2.75) is 44.3 Å². The van der Waals surface area contributed by atoms with Gasteiger partial charge in [0.2, 0.25) is 5.91 Å². The van der Waals surface area contributed by atoms with Gasteiger partial charge in [-0.2, -0.15) is 13.2 Å². The number of alkyl halides is 3.